The van der Waals surface area contributed by atoms with Gasteiger partial charge in [0.15, 0.2) is 5.79 Å². The average molecular weight is 296 g/mol. The van der Waals surface area contributed by atoms with Crippen LogP contribution in [-0.2, 0) is 9.47 Å². The molecular weight excluding hydrogens is 268 g/mol. The Morgan fingerprint density at radius 2 is 1.60 bits per heavy atom. The van der Waals surface area contributed by atoms with Crippen LogP contribution in [0.15, 0.2) is 0 Å². The Hall–Kier alpha value is -0.343. The van der Waals surface area contributed by atoms with E-state index in [9.17, 15) is 5.11 Å². The lowest BCUT2D eigenvalue weighted by molar-refractivity contribution is -0.355. The van der Waals surface area contributed by atoms with E-state index in [-0.39, 0.29) is 0 Å². The molecule has 1 heterocycles. The lowest BCUT2D eigenvalue weighted by atomic mass is 9.61. The normalized spacial score (nSPS) is 32.5. The maximum atomic E-state index is 11.2. The molecule has 1 aliphatic carbocycles. The summed E-state index contributed by atoms with van der Waals surface area (Å²) in [5.74, 6) is 2.53. The first-order valence-corrected chi connectivity index (χ1v) is 11.2. The van der Waals surface area contributed by atoms with Gasteiger partial charge >= 0.3 is 0 Å². The molecule has 0 amide bonds. The van der Waals surface area contributed by atoms with E-state index in [0.29, 0.717) is 19.6 Å². The molecule has 2 fully saturated rings. The summed E-state index contributed by atoms with van der Waals surface area (Å²) in [6, 6.07) is 0. The molecule has 1 saturated heterocycles. The predicted molar refractivity (Wildman–Crippen MR) is 83.0 cm³/mol. The van der Waals surface area contributed by atoms with Crippen LogP contribution in [-0.4, -0.2) is 37.8 Å². The van der Waals surface area contributed by atoms with Crippen molar-refractivity contribution < 1.29 is 14.6 Å². The zero-order valence-electron chi connectivity index (χ0n) is 13.5. The van der Waals surface area contributed by atoms with Gasteiger partial charge in [0.2, 0.25) is 0 Å². The van der Waals surface area contributed by atoms with Crippen molar-refractivity contribution in [1.82, 2.24) is 0 Å². The fourth-order valence-electron chi connectivity index (χ4n) is 3.11. The highest BCUT2D eigenvalue weighted by atomic mass is 28.3. The zero-order valence-corrected chi connectivity index (χ0v) is 14.5. The van der Waals surface area contributed by atoms with E-state index >= 15 is 0 Å². The second kappa shape index (κ2) is 5.13. The van der Waals surface area contributed by atoms with E-state index in [1.54, 1.807) is 0 Å². The molecule has 1 spiro atoms. The summed E-state index contributed by atoms with van der Waals surface area (Å²) in [6.45, 7) is 12.1. The number of ether oxygens (including phenoxy) is 2. The Morgan fingerprint density at radius 1 is 1.00 bits per heavy atom. The highest BCUT2D eigenvalue weighted by Gasteiger charge is 2.61. The largest absolute Gasteiger partial charge is 0.377 e. The topological polar surface area (TPSA) is 38.7 Å². The van der Waals surface area contributed by atoms with Crippen LogP contribution in [0.25, 0.3) is 0 Å². The standard InChI is InChI=1S/C16H28O3Si/c1-14(2)15(17,10-13-20(3,4)5)8-6-9-16(14)18-11-7-12-19-16/h17H,6-9,11-12H2,1-5H3. The highest BCUT2D eigenvalue weighted by molar-refractivity contribution is 6.83. The maximum absolute atomic E-state index is 11.2. The van der Waals surface area contributed by atoms with Gasteiger partial charge in [-0.05, 0) is 19.3 Å². The molecule has 4 heteroatoms. The van der Waals surface area contributed by atoms with E-state index < -0.39 is 24.9 Å². The molecule has 0 bridgehead atoms. The third kappa shape index (κ3) is 2.69. The predicted octanol–water partition coefficient (Wildman–Crippen LogP) is 2.94. The Kier molecular flexibility index (Phi) is 4.12. The quantitative estimate of drug-likeness (QED) is 0.552. The van der Waals surface area contributed by atoms with Crippen LogP contribution in [0.2, 0.25) is 19.6 Å². The molecule has 1 atom stereocenters. The number of rotatable bonds is 0. The molecule has 20 heavy (non-hydrogen) atoms. The number of hydrogen-bond donors (Lipinski definition) is 1. The van der Waals surface area contributed by atoms with Crippen molar-refractivity contribution in [1.29, 1.82) is 0 Å². The fraction of sp³-hybridized carbons (Fsp3) is 0.875. The van der Waals surface area contributed by atoms with Crippen LogP contribution in [0.1, 0.15) is 39.5 Å². The smallest absolute Gasteiger partial charge is 0.176 e. The van der Waals surface area contributed by atoms with Gasteiger partial charge in [-0.2, -0.15) is 0 Å². The van der Waals surface area contributed by atoms with Crippen molar-refractivity contribution >= 4 is 8.07 Å². The van der Waals surface area contributed by atoms with Gasteiger partial charge in [0.1, 0.15) is 13.7 Å². The Labute approximate surface area is 124 Å². The van der Waals surface area contributed by atoms with Crippen molar-refractivity contribution in [2.24, 2.45) is 5.41 Å². The van der Waals surface area contributed by atoms with E-state index in [4.69, 9.17) is 9.47 Å². The summed E-state index contributed by atoms with van der Waals surface area (Å²) in [7, 11) is -1.51. The molecule has 0 radical (unpaired) electrons. The summed E-state index contributed by atoms with van der Waals surface area (Å²) in [6.07, 6.45) is 3.36. The van der Waals surface area contributed by atoms with Gasteiger partial charge in [0.05, 0.1) is 18.6 Å². The third-order valence-electron chi connectivity index (χ3n) is 4.63. The highest BCUT2D eigenvalue weighted by Crippen LogP contribution is 2.53. The van der Waals surface area contributed by atoms with Gasteiger partial charge in [-0.25, -0.2) is 0 Å². The van der Waals surface area contributed by atoms with Gasteiger partial charge in [0.25, 0.3) is 0 Å². The molecule has 1 aliphatic heterocycles. The second-order valence-corrected chi connectivity index (χ2v) is 12.4. The second-order valence-electron chi connectivity index (χ2n) is 7.64. The first-order valence-electron chi connectivity index (χ1n) is 7.67. The molecule has 0 aromatic heterocycles. The van der Waals surface area contributed by atoms with Crippen molar-refractivity contribution in [2.45, 2.75) is 70.6 Å². The minimum atomic E-state index is -1.51. The van der Waals surface area contributed by atoms with Crippen LogP contribution < -0.4 is 0 Å². The van der Waals surface area contributed by atoms with Gasteiger partial charge in [-0.15, -0.1) is 5.54 Å². The molecule has 2 rings (SSSR count). The number of hydrogen-bond acceptors (Lipinski definition) is 3. The van der Waals surface area contributed by atoms with Gasteiger partial charge in [0, 0.05) is 6.42 Å². The molecule has 3 nitrogen and oxygen atoms in total. The van der Waals surface area contributed by atoms with Crippen molar-refractivity contribution in [3.05, 3.63) is 0 Å². The van der Waals surface area contributed by atoms with Crippen LogP contribution in [0, 0.1) is 16.9 Å². The van der Waals surface area contributed by atoms with Gasteiger partial charge in [-0.3, -0.25) is 0 Å². The average Bonchev–Trinajstić information content (AvgIpc) is 2.35. The first kappa shape index (κ1) is 16.0. The number of aliphatic hydroxyl groups is 1. The van der Waals surface area contributed by atoms with Crippen molar-refractivity contribution in [3.8, 4) is 11.5 Å². The minimum absolute atomic E-state index is 0.522. The zero-order chi connectivity index (χ0) is 15.1. The van der Waals surface area contributed by atoms with E-state index in [1.165, 1.54) is 0 Å². The Morgan fingerprint density at radius 3 is 2.15 bits per heavy atom. The summed E-state index contributed by atoms with van der Waals surface area (Å²) < 4.78 is 12.0. The molecule has 2 aliphatic rings. The van der Waals surface area contributed by atoms with E-state index in [1.807, 2.05) is 13.8 Å². The summed E-state index contributed by atoms with van der Waals surface area (Å²) >= 11 is 0. The van der Waals surface area contributed by atoms with Crippen LogP contribution in [0.4, 0.5) is 0 Å². The first-order chi connectivity index (χ1) is 9.12. The van der Waals surface area contributed by atoms with Gasteiger partial charge in [-0.1, -0.05) is 39.4 Å². The molecular formula is C16H28O3Si. The third-order valence-corrected chi connectivity index (χ3v) is 5.51. The minimum Gasteiger partial charge on any atom is -0.377 e. The SMILES string of the molecule is CC1(C)C(O)(C#C[Si](C)(C)C)CCCC12OCCCO2. The molecule has 0 aromatic rings. The van der Waals surface area contributed by atoms with E-state index in [2.05, 4.69) is 31.1 Å². The molecule has 1 saturated carbocycles. The summed E-state index contributed by atoms with van der Waals surface area (Å²) in [4.78, 5) is 0. The monoisotopic (exact) mass is 296 g/mol. The van der Waals surface area contributed by atoms with Gasteiger partial charge < -0.3 is 14.6 Å². The summed E-state index contributed by atoms with van der Waals surface area (Å²) in [5.41, 5.74) is 1.79. The molecule has 0 aromatic carbocycles. The maximum Gasteiger partial charge on any atom is 0.176 e. The fourth-order valence-corrected chi connectivity index (χ4v) is 3.69. The van der Waals surface area contributed by atoms with Crippen LogP contribution in [0.3, 0.4) is 0 Å². The lowest BCUT2D eigenvalue weighted by Crippen LogP contribution is -2.64. The van der Waals surface area contributed by atoms with Crippen LogP contribution >= 0.6 is 0 Å². The Bertz CT molecular complexity index is 416. The summed E-state index contributed by atoms with van der Waals surface area (Å²) in [5, 5.41) is 11.2. The van der Waals surface area contributed by atoms with Crippen LogP contribution in [0.5, 0.6) is 0 Å². The molecule has 1 N–H and O–H groups in total. The molecule has 114 valence electrons. The Balaban J connectivity index is 2.36. The molecule has 1 unspecified atom stereocenters. The van der Waals surface area contributed by atoms with E-state index in [0.717, 1.165) is 19.3 Å². The lowest BCUT2D eigenvalue weighted by Gasteiger charge is -2.56. The van der Waals surface area contributed by atoms with Crippen molar-refractivity contribution in [2.75, 3.05) is 13.2 Å². The van der Waals surface area contributed by atoms with Crippen molar-refractivity contribution in [3.63, 3.8) is 0 Å².